The number of halogens is 1. The van der Waals surface area contributed by atoms with E-state index < -0.39 is 0 Å². The number of anilines is 1. The third-order valence-electron chi connectivity index (χ3n) is 3.87. The van der Waals surface area contributed by atoms with Gasteiger partial charge in [-0.25, -0.2) is 14.6 Å². The van der Waals surface area contributed by atoms with Gasteiger partial charge in [-0.15, -0.1) is 6.42 Å². The summed E-state index contributed by atoms with van der Waals surface area (Å²) in [4.78, 5) is 8.48. The maximum absolute atomic E-state index is 6.11. The highest BCUT2D eigenvalue weighted by Gasteiger charge is 2.18. The molecule has 2 aromatic heterocycles. The zero-order valence-electron chi connectivity index (χ0n) is 13.0. The van der Waals surface area contributed by atoms with E-state index in [9.17, 15) is 0 Å². The molecule has 6 heteroatoms. The SMILES string of the molecule is C#Cc1cccc(-n2nc(-c3ccc(Cl)cc3)c3c(N)ncnc32)c1. The minimum absolute atomic E-state index is 0.370. The van der Waals surface area contributed by atoms with Crippen LogP contribution in [0.3, 0.4) is 0 Å². The van der Waals surface area contributed by atoms with Gasteiger partial charge in [-0.2, -0.15) is 5.10 Å². The fourth-order valence-electron chi connectivity index (χ4n) is 2.69. The van der Waals surface area contributed by atoms with E-state index in [2.05, 4.69) is 15.9 Å². The van der Waals surface area contributed by atoms with Crippen LogP contribution in [0.4, 0.5) is 5.82 Å². The van der Waals surface area contributed by atoms with E-state index in [0.717, 1.165) is 16.8 Å². The molecule has 0 atom stereocenters. The molecule has 0 unspecified atom stereocenters. The lowest BCUT2D eigenvalue weighted by Gasteiger charge is -2.03. The van der Waals surface area contributed by atoms with Gasteiger partial charge in [0.05, 0.1) is 11.1 Å². The van der Waals surface area contributed by atoms with Gasteiger partial charge in [0.15, 0.2) is 5.65 Å². The number of hydrogen-bond donors (Lipinski definition) is 1. The van der Waals surface area contributed by atoms with E-state index in [1.54, 1.807) is 16.8 Å². The lowest BCUT2D eigenvalue weighted by atomic mass is 10.1. The van der Waals surface area contributed by atoms with Crippen LogP contribution in [0.1, 0.15) is 5.56 Å². The van der Waals surface area contributed by atoms with Gasteiger partial charge in [-0.05, 0) is 30.3 Å². The highest BCUT2D eigenvalue weighted by Crippen LogP contribution is 2.32. The zero-order chi connectivity index (χ0) is 17.4. The number of aromatic nitrogens is 4. The summed E-state index contributed by atoms with van der Waals surface area (Å²) in [6, 6.07) is 14.9. The van der Waals surface area contributed by atoms with E-state index in [-0.39, 0.29) is 0 Å². The second kappa shape index (κ2) is 5.93. The Morgan fingerprint density at radius 3 is 2.64 bits per heavy atom. The van der Waals surface area contributed by atoms with Crippen molar-refractivity contribution < 1.29 is 0 Å². The lowest BCUT2D eigenvalue weighted by molar-refractivity contribution is 0.898. The summed E-state index contributed by atoms with van der Waals surface area (Å²) >= 11 is 5.99. The molecule has 5 nitrogen and oxygen atoms in total. The summed E-state index contributed by atoms with van der Waals surface area (Å²) < 4.78 is 1.72. The quantitative estimate of drug-likeness (QED) is 0.562. The van der Waals surface area contributed by atoms with Gasteiger partial charge in [-0.3, -0.25) is 0 Å². The number of terminal acetylenes is 1. The molecule has 2 heterocycles. The van der Waals surface area contributed by atoms with Crippen LogP contribution >= 0.6 is 11.6 Å². The van der Waals surface area contributed by atoms with Crippen molar-refractivity contribution in [2.75, 3.05) is 5.73 Å². The highest BCUT2D eigenvalue weighted by atomic mass is 35.5. The Labute approximate surface area is 149 Å². The molecule has 2 aromatic carbocycles. The van der Waals surface area contributed by atoms with Crippen LogP contribution in [0.5, 0.6) is 0 Å². The van der Waals surface area contributed by atoms with E-state index in [1.165, 1.54) is 6.33 Å². The topological polar surface area (TPSA) is 69.6 Å². The highest BCUT2D eigenvalue weighted by molar-refractivity contribution is 6.30. The average Bonchev–Trinajstić information content (AvgIpc) is 3.03. The van der Waals surface area contributed by atoms with Crippen molar-refractivity contribution in [1.29, 1.82) is 0 Å². The predicted molar refractivity (Wildman–Crippen MR) is 99.5 cm³/mol. The maximum atomic E-state index is 6.11. The van der Waals surface area contributed by atoms with E-state index in [4.69, 9.17) is 28.9 Å². The van der Waals surface area contributed by atoms with Crippen LogP contribution in [0.15, 0.2) is 54.9 Å². The zero-order valence-corrected chi connectivity index (χ0v) is 13.8. The Balaban J connectivity index is 2.02. The van der Waals surface area contributed by atoms with Crippen molar-refractivity contribution in [1.82, 2.24) is 19.7 Å². The standard InChI is InChI=1S/C19H12ClN5/c1-2-12-4-3-5-15(10-12)25-19-16(18(21)22-11-23-19)17(24-25)13-6-8-14(20)9-7-13/h1,3-11H,(H2,21,22,23). The average molecular weight is 346 g/mol. The van der Waals surface area contributed by atoms with Crippen LogP contribution in [-0.2, 0) is 0 Å². The largest absolute Gasteiger partial charge is 0.383 e. The van der Waals surface area contributed by atoms with Crippen LogP contribution in [0, 0.1) is 12.3 Å². The first-order valence-corrected chi connectivity index (χ1v) is 7.87. The fourth-order valence-corrected chi connectivity index (χ4v) is 2.82. The maximum Gasteiger partial charge on any atom is 0.169 e. The molecular weight excluding hydrogens is 334 g/mol. The monoisotopic (exact) mass is 345 g/mol. The van der Waals surface area contributed by atoms with Crippen LogP contribution in [0.2, 0.25) is 5.02 Å². The molecule has 2 N–H and O–H groups in total. The Bertz CT molecular complexity index is 1120. The molecule has 25 heavy (non-hydrogen) atoms. The normalized spacial score (nSPS) is 10.7. The number of benzene rings is 2. The predicted octanol–water partition coefficient (Wildman–Crippen LogP) is 3.70. The third kappa shape index (κ3) is 2.59. The van der Waals surface area contributed by atoms with Gasteiger partial charge in [0, 0.05) is 16.1 Å². The van der Waals surface area contributed by atoms with Crippen molar-refractivity contribution in [2.45, 2.75) is 0 Å². The molecule has 4 rings (SSSR count). The van der Waals surface area contributed by atoms with Gasteiger partial charge < -0.3 is 5.73 Å². The van der Waals surface area contributed by atoms with Gasteiger partial charge in [-0.1, -0.05) is 35.7 Å². The molecule has 0 bridgehead atoms. The Hall–Kier alpha value is -3.36. The number of nitrogens with two attached hydrogens (primary N) is 1. The third-order valence-corrected chi connectivity index (χ3v) is 4.12. The number of rotatable bonds is 2. The Morgan fingerprint density at radius 2 is 1.88 bits per heavy atom. The van der Waals surface area contributed by atoms with Gasteiger partial charge in [0.2, 0.25) is 0 Å². The molecule has 0 saturated carbocycles. The van der Waals surface area contributed by atoms with Gasteiger partial charge in [0.25, 0.3) is 0 Å². The number of nitrogens with zero attached hydrogens (tertiary/aromatic N) is 4. The summed E-state index contributed by atoms with van der Waals surface area (Å²) in [6.07, 6.45) is 6.93. The first-order chi connectivity index (χ1) is 12.2. The Morgan fingerprint density at radius 1 is 1.08 bits per heavy atom. The van der Waals surface area contributed by atoms with Crippen LogP contribution in [-0.4, -0.2) is 19.7 Å². The van der Waals surface area contributed by atoms with E-state index in [0.29, 0.717) is 27.6 Å². The van der Waals surface area contributed by atoms with E-state index >= 15 is 0 Å². The van der Waals surface area contributed by atoms with Crippen LogP contribution in [0.25, 0.3) is 28.0 Å². The van der Waals surface area contributed by atoms with Crippen LogP contribution < -0.4 is 5.73 Å². The van der Waals surface area contributed by atoms with Gasteiger partial charge in [0.1, 0.15) is 17.8 Å². The van der Waals surface area contributed by atoms with Crippen molar-refractivity contribution >= 4 is 28.5 Å². The number of nitrogen functional groups attached to an aromatic ring is 1. The Kier molecular flexibility index (Phi) is 3.60. The first kappa shape index (κ1) is 15.2. The second-order valence-corrected chi connectivity index (χ2v) is 5.86. The lowest BCUT2D eigenvalue weighted by Crippen LogP contribution is -1.99. The molecule has 120 valence electrons. The van der Waals surface area contributed by atoms with Crippen molar-refractivity contribution in [3.8, 4) is 29.3 Å². The van der Waals surface area contributed by atoms with Gasteiger partial charge >= 0.3 is 0 Å². The van der Waals surface area contributed by atoms with Crippen molar-refractivity contribution in [3.05, 3.63) is 65.4 Å². The minimum Gasteiger partial charge on any atom is -0.383 e. The summed E-state index contributed by atoms with van der Waals surface area (Å²) in [6.45, 7) is 0. The molecule has 0 aliphatic rings. The van der Waals surface area contributed by atoms with Crippen molar-refractivity contribution in [3.63, 3.8) is 0 Å². The fraction of sp³-hybridized carbons (Fsp3) is 0. The molecule has 0 radical (unpaired) electrons. The minimum atomic E-state index is 0.370. The number of fused-ring (bicyclic) bond motifs is 1. The molecule has 4 aromatic rings. The summed E-state index contributed by atoms with van der Waals surface area (Å²) in [7, 11) is 0. The summed E-state index contributed by atoms with van der Waals surface area (Å²) in [5.74, 6) is 3.00. The molecule has 0 fully saturated rings. The molecular formula is C19H12ClN5. The first-order valence-electron chi connectivity index (χ1n) is 7.49. The number of hydrogen-bond acceptors (Lipinski definition) is 4. The molecule has 0 aliphatic carbocycles. The second-order valence-electron chi connectivity index (χ2n) is 5.42. The molecule has 0 aliphatic heterocycles. The molecule has 0 saturated heterocycles. The molecule has 0 amide bonds. The molecule has 0 spiro atoms. The van der Waals surface area contributed by atoms with E-state index in [1.807, 2.05) is 36.4 Å². The van der Waals surface area contributed by atoms with Crippen molar-refractivity contribution in [2.24, 2.45) is 0 Å². The summed E-state index contributed by atoms with van der Waals surface area (Å²) in [5, 5.41) is 6.06. The summed E-state index contributed by atoms with van der Waals surface area (Å²) in [5.41, 5.74) is 9.86. The smallest absolute Gasteiger partial charge is 0.169 e.